The molecule has 4 rings (SSSR count). The van der Waals surface area contributed by atoms with Gasteiger partial charge in [-0.3, -0.25) is 4.79 Å². The molecule has 1 N–H and O–H groups in total. The first kappa shape index (κ1) is 20.9. The van der Waals surface area contributed by atoms with Crippen LogP contribution in [-0.2, 0) is 16.4 Å². The van der Waals surface area contributed by atoms with Crippen LogP contribution in [0.15, 0.2) is 53.4 Å². The van der Waals surface area contributed by atoms with Gasteiger partial charge >= 0.3 is 0 Å². The van der Waals surface area contributed by atoms with Crippen molar-refractivity contribution < 1.29 is 17.9 Å². The quantitative estimate of drug-likeness (QED) is 0.699. The Balaban J connectivity index is 1.52. The molecule has 0 spiro atoms. The van der Waals surface area contributed by atoms with Gasteiger partial charge in [0.2, 0.25) is 10.0 Å². The number of hydrogen-bond donors (Lipinski definition) is 1. The minimum Gasteiger partial charge on any atom is -0.495 e. The molecule has 2 fully saturated rings. The summed E-state index contributed by atoms with van der Waals surface area (Å²) in [5.74, 6) is 0.137. The van der Waals surface area contributed by atoms with Gasteiger partial charge in [0, 0.05) is 24.2 Å². The molecule has 1 amide bonds. The van der Waals surface area contributed by atoms with Gasteiger partial charge in [-0.2, -0.15) is 0 Å². The second-order valence-electron chi connectivity index (χ2n) is 8.08. The molecule has 1 aliphatic heterocycles. The van der Waals surface area contributed by atoms with Gasteiger partial charge in [-0.05, 0) is 62.3 Å². The molecule has 2 aliphatic rings. The Labute approximate surface area is 178 Å². The Kier molecular flexibility index (Phi) is 6.11. The highest BCUT2D eigenvalue weighted by Crippen LogP contribution is 2.30. The number of carbonyl (C=O) groups is 1. The van der Waals surface area contributed by atoms with Crippen LogP contribution in [0.4, 0.5) is 0 Å². The predicted molar refractivity (Wildman–Crippen MR) is 115 cm³/mol. The minimum absolute atomic E-state index is 0.0139. The van der Waals surface area contributed by atoms with Gasteiger partial charge in [-0.1, -0.05) is 30.3 Å². The van der Waals surface area contributed by atoms with E-state index in [1.54, 1.807) is 12.1 Å². The number of nitrogens with one attached hydrogen (secondary N) is 1. The zero-order valence-electron chi connectivity index (χ0n) is 17.2. The Morgan fingerprint density at radius 1 is 1.13 bits per heavy atom. The third kappa shape index (κ3) is 4.68. The first-order valence-corrected chi connectivity index (χ1v) is 12.0. The smallest absolute Gasteiger partial charge is 0.254 e. The van der Waals surface area contributed by atoms with Crippen molar-refractivity contribution in [2.24, 2.45) is 0 Å². The van der Waals surface area contributed by atoms with E-state index in [9.17, 15) is 13.2 Å². The van der Waals surface area contributed by atoms with E-state index in [2.05, 4.69) is 16.9 Å². The summed E-state index contributed by atoms with van der Waals surface area (Å²) in [7, 11) is -2.29. The number of ether oxygens (including phenoxy) is 1. The van der Waals surface area contributed by atoms with Crippen LogP contribution in [0.25, 0.3) is 0 Å². The number of likely N-dealkylation sites (tertiary alicyclic amines) is 1. The van der Waals surface area contributed by atoms with Gasteiger partial charge < -0.3 is 9.64 Å². The molecule has 1 atom stereocenters. The number of nitrogens with zero attached hydrogens (tertiary/aromatic N) is 1. The summed E-state index contributed by atoms with van der Waals surface area (Å²) in [6.07, 6.45) is 5.45. The third-order valence-electron chi connectivity index (χ3n) is 5.85. The molecule has 2 aromatic carbocycles. The average Bonchev–Trinajstić information content (AvgIpc) is 3.44. The molecular weight excluding hydrogens is 400 g/mol. The fourth-order valence-electron chi connectivity index (χ4n) is 4.05. The summed E-state index contributed by atoms with van der Waals surface area (Å²) in [6, 6.07) is 15.1. The van der Waals surface area contributed by atoms with E-state index < -0.39 is 10.0 Å². The molecule has 1 heterocycles. The van der Waals surface area contributed by atoms with Crippen molar-refractivity contribution in [2.75, 3.05) is 13.7 Å². The Morgan fingerprint density at radius 2 is 1.90 bits per heavy atom. The predicted octanol–water partition coefficient (Wildman–Crippen LogP) is 3.37. The molecule has 30 heavy (non-hydrogen) atoms. The van der Waals surface area contributed by atoms with Gasteiger partial charge in [-0.15, -0.1) is 0 Å². The van der Waals surface area contributed by atoms with Crippen LogP contribution in [0.2, 0.25) is 0 Å². The highest BCUT2D eigenvalue weighted by molar-refractivity contribution is 7.89. The lowest BCUT2D eigenvalue weighted by atomic mass is 10.0. The summed E-state index contributed by atoms with van der Waals surface area (Å²) < 4.78 is 33.5. The Bertz CT molecular complexity index is 1000. The maximum atomic E-state index is 13.3. The second-order valence-corrected chi connectivity index (χ2v) is 9.76. The molecular formula is C23H28N2O4S. The molecule has 160 valence electrons. The van der Waals surface area contributed by atoms with Crippen molar-refractivity contribution in [2.45, 2.75) is 55.5 Å². The van der Waals surface area contributed by atoms with Crippen molar-refractivity contribution in [1.29, 1.82) is 0 Å². The van der Waals surface area contributed by atoms with Crippen LogP contribution < -0.4 is 9.46 Å². The maximum Gasteiger partial charge on any atom is 0.254 e. The van der Waals surface area contributed by atoms with Gasteiger partial charge in [0.25, 0.3) is 5.91 Å². The maximum absolute atomic E-state index is 13.3. The van der Waals surface area contributed by atoms with Gasteiger partial charge in [-0.25, -0.2) is 13.1 Å². The lowest BCUT2D eigenvalue weighted by Gasteiger charge is -2.25. The van der Waals surface area contributed by atoms with Crippen molar-refractivity contribution in [3.05, 3.63) is 59.7 Å². The van der Waals surface area contributed by atoms with Gasteiger partial charge in [0.1, 0.15) is 10.6 Å². The second kappa shape index (κ2) is 8.78. The highest BCUT2D eigenvalue weighted by atomic mass is 32.2. The van der Waals surface area contributed by atoms with E-state index in [1.165, 1.54) is 18.7 Å². The van der Waals surface area contributed by atoms with E-state index in [4.69, 9.17) is 4.74 Å². The van der Waals surface area contributed by atoms with E-state index in [1.807, 2.05) is 23.1 Å². The molecule has 1 saturated carbocycles. The van der Waals surface area contributed by atoms with Crippen molar-refractivity contribution in [3.8, 4) is 5.75 Å². The molecule has 1 unspecified atom stereocenters. The molecule has 1 saturated heterocycles. The van der Waals surface area contributed by atoms with E-state index >= 15 is 0 Å². The van der Waals surface area contributed by atoms with Crippen LogP contribution in [0.3, 0.4) is 0 Å². The molecule has 0 radical (unpaired) electrons. The average molecular weight is 429 g/mol. The van der Waals surface area contributed by atoms with E-state index in [0.29, 0.717) is 12.1 Å². The highest BCUT2D eigenvalue weighted by Gasteiger charge is 2.32. The Morgan fingerprint density at radius 3 is 2.60 bits per heavy atom. The van der Waals surface area contributed by atoms with Crippen molar-refractivity contribution >= 4 is 15.9 Å². The summed E-state index contributed by atoms with van der Waals surface area (Å²) in [6.45, 7) is 0.701. The molecule has 7 heteroatoms. The molecule has 2 aromatic rings. The standard InChI is InChI=1S/C23H28N2O4S/c1-29-21-14-10-18(16-22(21)30(27,28)24-19-11-12-19)23(26)25-15-5-8-20(25)13-9-17-6-3-2-4-7-17/h2-4,6-7,10,14,16,19-20,24H,5,8-9,11-13,15H2,1H3. The number of hydrogen-bond acceptors (Lipinski definition) is 4. The molecule has 0 aromatic heterocycles. The topological polar surface area (TPSA) is 75.7 Å². The van der Waals surface area contributed by atoms with Crippen molar-refractivity contribution in [3.63, 3.8) is 0 Å². The lowest BCUT2D eigenvalue weighted by Crippen LogP contribution is -2.36. The van der Waals surface area contributed by atoms with Gasteiger partial charge in [0.05, 0.1) is 7.11 Å². The molecule has 6 nitrogen and oxygen atoms in total. The zero-order chi connectivity index (χ0) is 21.1. The number of sulfonamides is 1. The number of methoxy groups -OCH3 is 1. The number of rotatable bonds is 8. The summed E-state index contributed by atoms with van der Waals surface area (Å²) in [5, 5.41) is 0. The molecule has 1 aliphatic carbocycles. The normalized spacial score (nSPS) is 19.1. The summed E-state index contributed by atoms with van der Waals surface area (Å²) >= 11 is 0. The monoisotopic (exact) mass is 428 g/mol. The number of amides is 1. The van der Waals surface area contributed by atoms with Crippen LogP contribution in [-0.4, -0.2) is 45.0 Å². The Hall–Kier alpha value is -2.38. The lowest BCUT2D eigenvalue weighted by molar-refractivity contribution is 0.0730. The van der Waals surface area contributed by atoms with Gasteiger partial charge in [0.15, 0.2) is 0 Å². The van der Waals surface area contributed by atoms with Crippen LogP contribution in [0, 0.1) is 0 Å². The first-order valence-electron chi connectivity index (χ1n) is 10.5. The van der Waals surface area contributed by atoms with E-state index in [-0.39, 0.29) is 28.6 Å². The zero-order valence-corrected chi connectivity index (χ0v) is 18.0. The fourth-order valence-corrected chi connectivity index (χ4v) is 5.55. The number of aryl methyl sites for hydroxylation is 1. The SMILES string of the molecule is COc1ccc(C(=O)N2CCCC2CCc2ccccc2)cc1S(=O)(=O)NC1CC1. The number of carbonyl (C=O) groups excluding carboxylic acids is 1. The van der Waals surface area contributed by atoms with Crippen LogP contribution in [0.5, 0.6) is 5.75 Å². The van der Waals surface area contributed by atoms with E-state index in [0.717, 1.165) is 38.5 Å². The van der Waals surface area contributed by atoms with Crippen LogP contribution in [0.1, 0.15) is 48.0 Å². The first-order chi connectivity index (χ1) is 14.5. The fraction of sp³-hybridized carbons (Fsp3) is 0.435. The largest absolute Gasteiger partial charge is 0.495 e. The summed E-state index contributed by atoms with van der Waals surface area (Å²) in [4.78, 5) is 15.2. The minimum atomic E-state index is -3.72. The van der Waals surface area contributed by atoms with Crippen molar-refractivity contribution in [1.82, 2.24) is 9.62 Å². The molecule has 0 bridgehead atoms. The van der Waals surface area contributed by atoms with Crippen LogP contribution >= 0.6 is 0 Å². The third-order valence-corrected chi connectivity index (χ3v) is 7.39. The summed E-state index contributed by atoms with van der Waals surface area (Å²) in [5.41, 5.74) is 1.65. The number of benzene rings is 2.